The van der Waals surface area contributed by atoms with Gasteiger partial charge in [0.15, 0.2) is 11.5 Å². The highest BCUT2D eigenvalue weighted by molar-refractivity contribution is 5.93. The van der Waals surface area contributed by atoms with Gasteiger partial charge in [0.2, 0.25) is 6.79 Å². The van der Waals surface area contributed by atoms with Crippen molar-refractivity contribution in [3.05, 3.63) is 92.3 Å². The number of rotatable bonds is 6. The molecular weight excluding hydrogens is 386 g/mol. The Bertz CT molecular complexity index is 1180. The Labute approximate surface area is 172 Å². The van der Waals surface area contributed by atoms with Gasteiger partial charge in [-0.25, -0.2) is 4.79 Å². The second-order valence-electron chi connectivity index (χ2n) is 6.89. The van der Waals surface area contributed by atoms with Gasteiger partial charge in [-0.1, -0.05) is 36.4 Å². The van der Waals surface area contributed by atoms with Crippen LogP contribution in [0.2, 0.25) is 0 Å². The third-order valence-electron chi connectivity index (χ3n) is 4.95. The second-order valence-corrected chi connectivity index (χ2v) is 6.89. The Morgan fingerprint density at radius 3 is 2.60 bits per heavy atom. The van der Waals surface area contributed by atoms with Crippen molar-refractivity contribution in [1.29, 1.82) is 0 Å². The summed E-state index contributed by atoms with van der Waals surface area (Å²) in [5.74, 6) is 0.745. The first kappa shape index (κ1) is 19.5. The molecule has 0 fully saturated rings. The number of nitrogens with one attached hydrogen (secondary N) is 1. The van der Waals surface area contributed by atoms with E-state index in [4.69, 9.17) is 9.47 Å². The molecule has 0 saturated heterocycles. The molecule has 1 aromatic heterocycles. The van der Waals surface area contributed by atoms with Crippen LogP contribution in [0.3, 0.4) is 0 Å². The molecule has 0 bridgehead atoms. The average molecular weight is 407 g/mol. The predicted octanol–water partition coefficient (Wildman–Crippen LogP) is 1.98. The van der Waals surface area contributed by atoms with E-state index in [9.17, 15) is 14.4 Å². The molecule has 30 heavy (non-hydrogen) atoms. The molecule has 0 spiro atoms. The van der Waals surface area contributed by atoms with Crippen LogP contribution in [0, 0.1) is 0 Å². The lowest BCUT2D eigenvalue weighted by Crippen LogP contribution is -2.42. The first-order valence-corrected chi connectivity index (χ1v) is 9.61. The van der Waals surface area contributed by atoms with Crippen molar-refractivity contribution in [2.45, 2.75) is 20.0 Å². The van der Waals surface area contributed by atoms with Crippen LogP contribution in [0.15, 0.2) is 64.3 Å². The number of carbonyl (C=O) groups excluding carboxylic acids is 1. The topological polar surface area (TPSA) is 93.6 Å². The summed E-state index contributed by atoms with van der Waals surface area (Å²) < 4.78 is 11.6. The van der Waals surface area contributed by atoms with E-state index in [0.717, 1.165) is 10.1 Å². The zero-order valence-corrected chi connectivity index (χ0v) is 16.5. The van der Waals surface area contributed by atoms with Gasteiger partial charge in [-0.15, -0.1) is 0 Å². The third-order valence-corrected chi connectivity index (χ3v) is 4.95. The number of fused-ring (bicyclic) bond motifs is 1. The van der Waals surface area contributed by atoms with Crippen LogP contribution in [0.5, 0.6) is 11.5 Å². The summed E-state index contributed by atoms with van der Waals surface area (Å²) in [7, 11) is 0. The largest absolute Gasteiger partial charge is 0.454 e. The quantitative estimate of drug-likeness (QED) is 0.674. The van der Waals surface area contributed by atoms with E-state index in [1.807, 2.05) is 37.3 Å². The Hall–Kier alpha value is -3.81. The summed E-state index contributed by atoms with van der Waals surface area (Å²) in [4.78, 5) is 42.4. The fourth-order valence-corrected chi connectivity index (χ4v) is 3.33. The van der Waals surface area contributed by atoms with E-state index in [-0.39, 0.29) is 18.9 Å². The lowest BCUT2D eigenvalue weighted by molar-refractivity contribution is 0.0749. The van der Waals surface area contributed by atoms with E-state index in [2.05, 4.69) is 4.98 Å². The molecule has 1 N–H and O–H groups in total. The molecule has 4 rings (SSSR count). The summed E-state index contributed by atoms with van der Waals surface area (Å²) >= 11 is 0. The molecule has 1 amide bonds. The normalized spacial score (nSPS) is 12.0. The second kappa shape index (κ2) is 8.28. The number of benzene rings is 2. The molecule has 0 unspecified atom stereocenters. The summed E-state index contributed by atoms with van der Waals surface area (Å²) in [6, 6.07) is 14.7. The predicted molar refractivity (Wildman–Crippen MR) is 110 cm³/mol. The van der Waals surface area contributed by atoms with Crippen LogP contribution >= 0.6 is 0 Å². The van der Waals surface area contributed by atoms with Gasteiger partial charge in [-0.05, 0) is 30.2 Å². The maximum atomic E-state index is 13.0. The number of H-pyrrole nitrogens is 1. The molecule has 0 aliphatic carbocycles. The highest BCUT2D eigenvalue weighted by Crippen LogP contribution is 2.32. The number of nitrogens with zero attached hydrogens (tertiary/aromatic N) is 2. The number of ether oxygens (including phenoxy) is 2. The number of carbonyl (C=O) groups is 1. The smallest absolute Gasteiger partial charge is 0.328 e. The number of hydrogen-bond acceptors (Lipinski definition) is 5. The van der Waals surface area contributed by atoms with E-state index in [1.165, 1.54) is 6.20 Å². The molecule has 1 aliphatic heterocycles. The van der Waals surface area contributed by atoms with Crippen LogP contribution in [0.1, 0.15) is 28.4 Å². The lowest BCUT2D eigenvalue weighted by Gasteiger charge is -2.21. The molecule has 8 heteroatoms. The zero-order chi connectivity index (χ0) is 21.1. The van der Waals surface area contributed by atoms with E-state index in [0.29, 0.717) is 30.2 Å². The summed E-state index contributed by atoms with van der Waals surface area (Å²) in [6.45, 7) is 2.79. The van der Waals surface area contributed by atoms with Gasteiger partial charge < -0.3 is 19.4 Å². The van der Waals surface area contributed by atoms with Gasteiger partial charge in [0.05, 0.1) is 6.54 Å². The van der Waals surface area contributed by atoms with Crippen molar-refractivity contribution in [2.24, 2.45) is 0 Å². The van der Waals surface area contributed by atoms with Gasteiger partial charge in [-0.2, -0.15) is 0 Å². The van der Waals surface area contributed by atoms with Gasteiger partial charge in [0.25, 0.3) is 11.5 Å². The van der Waals surface area contributed by atoms with Gasteiger partial charge in [0.1, 0.15) is 5.56 Å². The van der Waals surface area contributed by atoms with E-state index in [1.54, 1.807) is 23.1 Å². The van der Waals surface area contributed by atoms with Gasteiger partial charge in [0, 0.05) is 19.3 Å². The van der Waals surface area contributed by atoms with Crippen molar-refractivity contribution in [3.8, 4) is 11.5 Å². The van der Waals surface area contributed by atoms with E-state index >= 15 is 0 Å². The molecule has 8 nitrogen and oxygen atoms in total. The standard InChI is InChI=1S/C22H21N3O5/c1-2-24(12-15-6-4-3-5-7-15)20(26)17-11-23-22(28)25(21(17)27)13-16-8-9-18-19(10-16)30-14-29-18/h3-11H,2,12-14H2,1H3,(H,23,28). The Morgan fingerprint density at radius 1 is 1.07 bits per heavy atom. The highest BCUT2D eigenvalue weighted by Gasteiger charge is 2.21. The molecule has 2 aromatic carbocycles. The maximum Gasteiger partial charge on any atom is 0.328 e. The maximum absolute atomic E-state index is 13.0. The minimum atomic E-state index is -0.632. The van der Waals surface area contributed by atoms with Gasteiger partial charge in [-0.3, -0.25) is 14.2 Å². The number of hydrogen-bond donors (Lipinski definition) is 1. The van der Waals surface area contributed by atoms with E-state index < -0.39 is 17.2 Å². The molecule has 1 aliphatic rings. The minimum Gasteiger partial charge on any atom is -0.454 e. The van der Waals surface area contributed by atoms with Crippen molar-refractivity contribution in [1.82, 2.24) is 14.5 Å². The zero-order valence-electron chi connectivity index (χ0n) is 16.5. The molecule has 3 aromatic rings. The summed E-state index contributed by atoms with van der Waals surface area (Å²) in [5, 5.41) is 0. The molecular formula is C22H21N3O5. The fraction of sp³-hybridized carbons (Fsp3) is 0.227. The Morgan fingerprint density at radius 2 is 1.83 bits per heavy atom. The van der Waals surface area contributed by atoms with Crippen LogP contribution in [0.25, 0.3) is 0 Å². The molecule has 154 valence electrons. The lowest BCUT2D eigenvalue weighted by atomic mass is 10.2. The number of aromatic nitrogens is 2. The van der Waals surface area contributed by atoms with Crippen LogP contribution in [0.4, 0.5) is 0 Å². The molecule has 0 atom stereocenters. The Balaban J connectivity index is 1.62. The van der Waals surface area contributed by atoms with Crippen LogP contribution in [-0.4, -0.2) is 33.7 Å². The number of aromatic amines is 1. The Kier molecular flexibility index (Phi) is 5.38. The summed E-state index contributed by atoms with van der Waals surface area (Å²) in [5.41, 5.74) is 0.354. The van der Waals surface area contributed by atoms with Crippen LogP contribution < -0.4 is 20.7 Å². The minimum absolute atomic E-state index is 0.0107. The molecule has 2 heterocycles. The number of amides is 1. The first-order chi connectivity index (χ1) is 14.6. The fourth-order valence-electron chi connectivity index (χ4n) is 3.33. The van der Waals surface area contributed by atoms with Crippen molar-refractivity contribution < 1.29 is 14.3 Å². The van der Waals surface area contributed by atoms with Crippen molar-refractivity contribution >= 4 is 5.91 Å². The molecule has 0 radical (unpaired) electrons. The summed E-state index contributed by atoms with van der Waals surface area (Å²) in [6.07, 6.45) is 1.19. The molecule has 0 saturated carbocycles. The van der Waals surface area contributed by atoms with Crippen molar-refractivity contribution in [2.75, 3.05) is 13.3 Å². The van der Waals surface area contributed by atoms with Crippen molar-refractivity contribution in [3.63, 3.8) is 0 Å². The van der Waals surface area contributed by atoms with Crippen LogP contribution in [-0.2, 0) is 13.1 Å². The average Bonchev–Trinajstić information content (AvgIpc) is 3.23. The van der Waals surface area contributed by atoms with Gasteiger partial charge >= 0.3 is 5.69 Å². The highest BCUT2D eigenvalue weighted by atomic mass is 16.7. The first-order valence-electron chi connectivity index (χ1n) is 9.61. The SMILES string of the molecule is CCN(Cc1ccccc1)C(=O)c1c[nH]c(=O)n(Cc2ccc3c(c2)OCO3)c1=O. The third kappa shape index (κ3) is 3.84. The monoisotopic (exact) mass is 407 g/mol.